The van der Waals surface area contributed by atoms with Gasteiger partial charge in [-0.15, -0.1) is 0 Å². The fourth-order valence-corrected chi connectivity index (χ4v) is 2.61. The van der Waals surface area contributed by atoms with Crippen molar-refractivity contribution >= 4 is 17.9 Å². The van der Waals surface area contributed by atoms with Gasteiger partial charge in [0, 0.05) is 26.2 Å². The molecule has 3 amide bonds. The second-order valence-electron chi connectivity index (χ2n) is 5.97. The Morgan fingerprint density at radius 3 is 2.52 bits per heavy atom. The van der Waals surface area contributed by atoms with Gasteiger partial charge in [-0.1, -0.05) is 13.3 Å². The highest BCUT2D eigenvalue weighted by molar-refractivity contribution is 5.91. The zero-order chi connectivity index (χ0) is 16.2. The highest BCUT2D eigenvalue weighted by Gasteiger charge is 2.43. The van der Waals surface area contributed by atoms with Crippen LogP contribution in [0.1, 0.15) is 40.0 Å². The molecule has 120 valence electrons. The van der Waals surface area contributed by atoms with E-state index in [2.05, 4.69) is 5.32 Å². The minimum atomic E-state index is -0.942. The second kappa shape index (κ2) is 6.78. The van der Waals surface area contributed by atoms with Crippen molar-refractivity contribution in [1.82, 2.24) is 15.1 Å². The van der Waals surface area contributed by atoms with Gasteiger partial charge < -0.3 is 20.2 Å². The fourth-order valence-electron chi connectivity index (χ4n) is 2.61. The molecular weight excluding hydrogens is 274 g/mol. The lowest BCUT2D eigenvalue weighted by molar-refractivity contribution is -0.144. The lowest BCUT2D eigenvalue weighted by Crippen LogP contribution is -2.66. The summed E-state index contributed by atoms with van der Waals surface area (Å²) in [6.07, 6.45) is 1.27. The Morgan fingerprint density at radius 2 is 2.00 bits per heavy atom. The SMILES string of the molecule is CCCC(CC(=O)O)NC(=O)N1CCN(C)C(=O)C1(C)C. The van der Waals surface area contributed by atoms with Crippen LogP contribution in [0, 0.1) is 0 Å². The van der Waals surface area contributed by atoms with E-state index in [4.69, 9.17) is 5.11 Å². The van der Waals surface area contributed by atoms with E-state index in [9.17, 15) is 14.4 Å². The number of carboxylic acid groups (broad SMARTS) is 1. The smallest absolute Gasteiger partial charge is 0.318 e. The van der Waals surface area contributed by atoms with Crippen LogP contribution in [0.2, 0.25) is 0 Å². The van der Waals surface area contributed by atoms with Crippen LogP contribution in [0.15, 0.2) is 0 Å². The number of urea groups is 1. The van der Waals surface area contributed by atoms with Crippen LogP contribution >= 0.6 is 0 Å². The molecule has 2 N–H and O–H groups in total. The fraction of sp³-hybridized carbons (Fsp3) is 0.786. The van der Waals surface area contributed by atoms with E-state index in [-0.39, 0.29) is 18.4 Å². The molecule has 1 rings (SSSR count). The van der Waals surface area contributed by atoms with Gasteiger partial charge in [0.25, 0.3) is 0 Å². The van der Waals surface area contributed by atoms with Crippen molar-refractivity contribution in [1.29, 1.82) is 0 Å². The third-order valence-electron chi connectivity index (χ3n) is 3.83. The monoisotopic (exact) mass is 299 g/mol. The first-order valence-electron chi connectivity index (χ1n) is 7.25. The average molecular weight is 299 g/mol. The zero-order valence-corrected chi connectivity index (χ0v) is 13.2. The quantitative estimate of drug-likeness (QED) is 0.789. The third kappa shape index (κ3) is 4.09. The first kappa shape index (κ1) is 17.3. The summed E-state index contributed by atoms with van der Waals surface area (Å²) in [6, 6.07) is -0.785. The highest BCUT2D eigenvalue weighted by atomic mass is 16.4. The van der Waals surface area contributed by atoms with E-state index in [0.29, 0.717) is 19.5 Å². The summed E-state index contributed by atoms with van der Waals surface area (Å²) < 4.78 is 0. The Morgan fingerprint density at radius 1 is 1.38 bits per heavy atom. The van der Waals surface area contributed by atoms with E-state index >= 15 is 0 Å². The summed E-state index contributed by atoms with van der Waals surface area (Å²) in [6.45, 7) is 6.26. The summed E-state index contributed by atoms with van der Waals surface area (Å²) in [5.74, 6) is -1.06. The number of aliphatic carboxylic acids is 1. The molecule has 7 nitrogen and oxygen atoms in total. The molecule has 0 aromatic rings. The van der Waals surface area contributed by atoms with Crippen molar-refractivity contribution in [2.24, 2.45) is 0 Å². The number of nitrogens with one attached hydrogen (secondary N) is 1. The van der Waals surface area contributed by atoms with Crippen LogP contribution in [0.4, 0.5) is 4.79 Å². The predicted molar refractivity (Wildman–Crippen MR) is 77.9 cm³/mol. The van der Waals surface area contributed by atoms with E-state index in [1.165, 1.54) is 4.90 Å². The first-order chi connectivity index (χ1) is 9.70. The maximum atomic E-state index is 12.4. The Bertz CT molecular complexity index is 422. The number of piperazine rings is 1. The molecule has 0 aromatic carbocycles. The van der Waals surface area contributed by atoms with Crippen LogP contribution < -0.4 is 5.32 Å². The van der Waals surface area contributed by atoms with Crippen molar-refractivity contribution in [2.45, 2.75) is 51.6 Å². The van der Waals surface area contributed by atoms with E-state index < -0.39 is 17.6 Å². The summed E-state index contributed by atoms with van der Waals surface area (Å²) in [4.78, 5) is 38.5. The summed E-state index contributed by atoms with van der Waals surface area (Å²) in [7, 11) is 1.71. The standard InChI is InChI=1S/C14H25N3O4/c1-5-6-10(9-11(18)19)15-13(21)17-8-7-16(4)12(20)14(17,2)3/h10H,5-9H2,1-4H3,(H,15,21)(H,18,19). The van der Waals surface area contributed by atoms with Crippen LogP contribution in [-0.4, -0.2) is 64.5 Å². The third-order valence-corrected chi connectivity index (χ3v) is 3.83. The Hall–Kier alpha value is -1.79. The number of amides is 3. The molecule has 1 fully saturated rings. The van der Waals surface area contributed by atoms with Crippen LogP contribution in [0.5, 0.6) is 0 Å². The number of rotatable bonds is 5. The molecule has 0 spiro atoms. The topological polar surface area (TPSA) is 89.9 Å². The number of carbonyl (C=O) groups excluding carboxylic acids is 2. The molecule has 0 saturated carbocycles. The molecule has 1 aliphatic heterocycles. The Balaban J connectivity index is 2.77. The molecular formula is C14H25N3O4. The van der Waals surface area contributed by atoms with Gasteiger partial charge in [0.2, 0.25) is 5.91 Å². The van der Waals surface area contributed by atoms with E-state index in [1.807, 2.05) is 6.92 Å². The number of carboxylic acids is 1. The Labute approximate surface area is 125 Å². The average Bonchev–Trinajstić information content (AvgIpc) is 2.35. The van der Waals surface area contributed by atoms with Gasteiger partial charge >= 0.3 is 12.0 Å². The molecule has 1 atom stereocenters. The summed E-state index contributed by atoms with van der Waals surface area (Å²) in [5, 5.41) is 11.6. The number of likely N-dealkylation sites (N-methyl/N-ethyl adjacent to an activating group) is 1. The van der Waals surface area contributed by atoms with Gasteiger partial charge in [0.05, 0.1) is 6.42 Å². The van der Waals surface area contributed by atoms with Crippen molar-refractivity contribution in [3.63, 3.8) is 0 Å². The van der Waals surface area contributed by atoms with Gasteiger partial charge in [-0.25, -0.2) is 4.79 Å². The lowest BCUT2D eigenvalue weighted by Gasteiger charge is -2.44. The maximum Gasteiger partial charge on any atom is 0.318 e. The highest BCUT2D eigenvalue weighted by Crippen LogP contribution is 2.22. The summed E-state index contributed by atoms with van der Waals surface area (Å²) in [5.41, 5.74) is -0.920. The van der Waals surface area contributed by atoms with Crippen molar-refractivity contribution < 1.29 is 19.5 Å². The Kier molecular flexibility index (Phi) is 5.57. The van der Waals surface area contributed by atoms with Crippen LogP contribution in [0.3, 0.4) is 0 Å². The van der Waals surface area contributed by atoms with E-state index in [1.54, 1.807) is 25.8 Å². The minimum Gasteiger partial charge on any atom is -0.481 e. The molecule has 1 unspecified atom stereocenters. The number of hydrogen-bond acceptors (Lipinski definition) is 3. The molecule has 0 aromatic heterocycles. The van der Waals surface area contributed by atoms with Crippen LogP contribution in [-0.2, 0) is 9.59 Å². The molecule has 1 saturated heterocycles. The van der Waals surface area contributed by atoms with Gasteiger partial charge in [0.15, 0.2) is 0 Å². The van der Waals surface area contributed by atoms with Gasteiger partial charge in [-0.05, 0) is 20.3 Å². The van der Waals surface area contributed by atoms with Crippen LogP contribution in [0.25, 0.3) is 0 Å². The predicted octanol–water partition coefficient (Wildman–Crippen LogP) is 0.892. The number of hydrogen-bond donors (Lipinski definition) is 2. The van der Waals surface area contributed by atoms with Gasteiger partial charge in [-0.2, -0.15) is 0 Å². The molecule has 0 bridgehead atoms. The molecule has 1 aliphatic rings. The number of nitrogens with zero attached hydrogens (tertiary/aromatic N) is 2. The molecule has 7 heteroatoms. The molecule has 21 heavy (non-hydrogen) atoms. The van der Waals surface area contributed by atoms with Crippen molar-refractivity contribution in [2.75, 3.05) is 20.1 Å². The summed E-state index contributed by atoms with van der Waals surface area (Å²) >= 11 is 0. The lowest BCUT2D eigenvalue weighted by atomic mass is 9.98. The molecule has 0 aliphatic carbocycles. The largest absolute Gasteiger partial charge is 0.481 e. The zero-order valence-electron chi connectivity index (χ0n) is 13.2. The van der Waals surface area contributed by atoms with Gasteiger partial charge in [-0.3, -0.25) is 9.59 Å². The van der Waals surface area contributed by atoms with Crippen molar-refractivity contribution in [3.8, 4) is 0 Å². The molecule has 0 radical (unpaired) electrons. The normalized spacial score (nSPS) is 19.3. The second-order valence-corrected chi connectivity index (χ2v) is 5.97. The maximum absolute atomic E-state index is 12.4. The van der Waals surface area contributed by atoms with E-state index in [0.717, 1.165) is 6.42 Å². The first-order valence-corrected chi connectivity index (χ1v) is 7.25. The minimum absolute atomic E-state index is 0.109. The molecule has 1 heterocycles. The number of carbonyl (C=O) groups is 3. The van der Waals surface area contributed by atoms with Gasteiger partial charge in [0.1, 0.15) is 5.54 Å². The van der Waals surface area contributed by atoms with Crippen molar-refractivity contribution in [3.05, 3.63) is 0 Å².